The number of nitrogens with zero attached hydrogens (tertiary/aromatic N) is 3. The van der Waals surface area contributed by atoms with E-state index in [-0.39, 0.29) is 37.2 Å². The van der Waals surface area contributed by atoms with Crippen molar-refractivity contribution in [3.8, 4) is 0 Å². The molecule has 0 aromatic carbocycles. The maximum absolute atomic E-state index is 12.6. The molecule has 3 amide bonds. The number of unbranched alkanes of at least 4 members (excludes halogenated alkanes) is 2. The molecule has 0 aromatic rings. The highest BCUT2D eigenvalue weighted by molar-refractivity contribution is 5.88. The summed E-state index contributed by atoms with van der Waals surface area (Å²) in [5, 5.41) is 12.8. The average molecular weight is 409 g/mol. The summed E-state index contributed by atoms with van der Waals surface area (Å²) in [5.74, 6) is -0.981. The first-order valence-corrected chi connectivity index (χ1v) is 9.29. The smallest absolute Gasteiger partial charge is 0.244 e. The highest BCUT2D eigenvalue weighted by atomic mass is 35.5. The van der Waals surface area contributed by atoms with Crippen molar-refractivity contribution in [2.75, 3.05) is 41.3 Å². The minimum atomic E-state index is -0.591. The van der Waals surface area contributed by atoms with E-state index < -0.39 is 12.0 Å². The lowest BCUT2D eigenvalue weighted by atomic mass is 9.99. The van der Waals surface area contributed by atoms with Gasteiger partial charge in [0.1, 0.15) is 6.04 Å². The summed E-state index contributed by atoms with van der Waals surface area (Å²) < 4.78 is 0. The summed E-state index contributed by atoms with van der Waals surface area (Å²) >= 11 is 0. The second-order valence-corrected chi connectivity index (χ2v) is 7.16. The van der Waals surface area contributed by atoms with Gasteiger partial charge in [0.05, 0.1) is 12.5 Å². The fourth-order valence-electron chi connectivity index (χ4n) is 2.66. The zero-order valence-corrected chi connectivity index (χ0v) is 18.1. The van der Waals surface area contributed by atoms with Crippen molar-refractivity contribution in [2.24, 2.45) is 5.92 Å². The summed E-state index contributed by atoms with van der Waals surface area (Å²) in [6, 6.07) is -0.591. The molecule has 160 valence electrons. The molecule has 0 aliphatic carbocycles. The lowest BCUT2D eigenvalue weighted by Gasteiger charge is -2.25. The third-order valence-electron chi connectivity index (χ3n) is 4.21. The summed E-state index contributed by atoms with van der Waals surface area (Å²) in [4.78, 5) is 39.3. The van der Waals surface area contributed by atoms with Crippen molar-refractivity contribution >= 4 is 30.6 Å². The van der Waals surface area contributed by atoms with Crippen LogP contribution in [0.2, 0.25) is 0 Å². The molecule has 0 fully saturated rings. The van der Waals surface area contributed by atoms with Crippen LogP contribution in [0.5, 0.6) is 0 Å². The number of halogens is 1. The lowest BCUT2D eigenvalue weighted by molar-refractivity contribution is -0.155. The first-order valence-electron chi connectivity index (χ1n) is 9.29. The Bertz CT molecular complexity index is 436. The van der Waals surface area contributed by atoms with Crippen LogP contribution in [0, 0.1) is 5.92 Å². The van der Waals surface area contributed by atoms with Gasteiger partial charge >= 0.3 is 0 Å². The maximum Gasteiger partial charge on any atom is 0.244 e. The van der Waals surface area contributed by atoms with Crippen molar-refractivity contribution in [2.45, 2.75) is 51.5 Å². The van der Waals surface area contributed by atoms with Crippen LogP contribution in [0.4, 0.5) is 0 Å². The Morgan fingerprint density at radius 1 is 1.07 bits per heavy atom. The van der Waals surface area contributed by atoms with Gasteiger partial charge in [0.15, 0.2) is 0 Å². The van der Waals surface area contributed by atoms with Gasteiger partial charge in [-0.25, -0.2) is 5.06 Å². The molecule has 27 heavy (non-hydrogen) atoms. The maximum atomic E-state index is 12.6. The van der Waals surface area contributed by atoms with Crippen LogP contribution >= 0.6 is 12.4 Å². The summed E-state index contributed by atoms with van der Waals surface area (Å²) in [6.07, 6.45) is 4.87. The zero-order chi connectivity index (χ0) is 20.1. The Kier molecular flexibility index (Phi) is 16.1. The second kappa shape index (κ2) is 15.7. The molecular weight excluding hydrogens is 372 g/mol. The molecule has 0 rings (SSSR count). The van der Waals surface area contributed by atoms with Gasteiger partial charge < -0.3 is 15.1 Å². The predicted molar refractivity (Wildman–Crippen MR) is 108 cm³/mol. The normalized spacial score (nSPS) is 12.7. The number of hydrogen-bond donors (Lipinski definition) is 2. The fourth-order valence-corrected chi connectivity index (χ4v) is 2.66. The molecule has 0 spiro atoms. The molecule has 2 atom stereocenters. The quantitative estimate of drug-likeness (QED) is 0.196. The van der Waals surface area contributed by atoms with E-state index in [1.165, 1.54) is 4.90 Å². The Hall–Kier alpha value is -1.38. The third-order valence-corrected chi connectivity index (χ3v) is 4.21. The van der Waals surface area contributed by atoms with Crippen LogP contribution in [0.25, 0.3) is 0 Å². The van der Waals surface area contributed by atoms with Gasteiger partial charge in [-0.3, -0.25) is 19.6 Å². The van der Waals surface area contributed by atoms with E-state index in [1.807, 2.05) is 21.0 Å². The Morgan fingerprint density at radius 3 is 2.19 bits per heavy atom. The molecule has 0 aliphatic heterocycles. The molecule has 0 saturated carbocycles. The number of carbonyl (C=O) groups excluding carboxylic acids is 3. The molecule has 8 nitrogen and oxygen atoms in total. The van der Waals surface area contributed by atoms with Gasteiger partial charge in [-0.05, 0) is 46.3 Å². The Balaban J connectivity index is 0. The van der Waals surface area contributed by atoms with Crippen LogP contribution < -0.4 is 5.32 Å². The minimum Gasteiger partial charge on any atom is -0.347 e. The van der Waals surface area contributed by atoms with Crippen molar-refractivity contribution < 1.29 is 19.6 Å². The summed E-state index contributed by atoms with van der Waals surface area (Å²) in [7, 11) is 7.32. The first-order chi connectivity index (χ1) is 12.2. The molecule has 0 radical (unpaired) electrons. The second-order valence-electron chi connectivity index (χ2n) is 7.16. The molecule has 2 N–H and O–H groups in total. The van der Waals surface area contributed by atoms with Gasteiger partial charge in [0, 0.05) is 14.1 Å². The van der Waals surface area contributed by atoms with E-state index in [4.69, 9.17) is 0 Å². The number of hydroxylamine groups is 2. The zero-order valence-electron chi connectivity index (χ0n) is 17.3. The lowest BCUT2D eigenvalue weighted by Crippen LogP contribution is -2.49. The van der Waals surface area contributed by atoms with E-state index in [0.29, 0.717) is 17.9 Å². The standard InChI is InChI=1S/C18H36N4O4.ClH/c1-6-7-10-15(13-22(26)14-23)17(24)19-16(18(25)21(4)5)11-8-9-12-20(2)3;/h14-16,26H,6-13H2,1-5H3,(H,19,24);1H/t15-,16+;/m1./s1. The predicted octanol–water partition coefficient (Wildman–Crippen LogP) is 1.37. The largest absolute Gasteiger partial charge is 0.347 e. The van der Waals surface area contributed by atoms with E-state index in [1.54, 1.807) is 14.1 Å². The van der Waals surface area contributed by atoms with Crippen molar-refractivity contribution in [3.05, 3.63) is 0 Å². The van der Waals surface area contributed by atoms with Gasteiger partial charge in [0.2, 0.25) is 18.2 Å². The number of carbonyl (C=O) groups is 3. The molecular formula is C18H37ClN4O4. The van der Waals surface area contributed by atoms with E-state index in [0.717, 1.165) is 32.2 Å². The van der Waals surface area contributed by atoms with Crippen LogP contribution in [0.15, 0.2) is 0 Å². The van der Waals surface area contributed by atoms with Crippen LogP contribution in [0.3, 0.4) is 0 Å². The number of amides is 3. The number of rotatable bonds is 14. The van der Waals surface area contributed by atoms with Gasteiger partial charge in [0.25, 0.3) is 0 Å². The van der Waals surface area contributed by atoms with Crippen molar-refractivity contribution in [3.63, 3.8) is 0 Å². The van der Waals surface area contributed by atoms with E-state index in [9.17, 15) is 19.6 Å². The number of hydrogen-bond acceptors (Lipinski definition) is 5. The monoisotopic (exact) mass is 408 g/mol. The molecule has 0 aliphatic rings. The molecule has 0 unspecified atom stereocenters. The number of nitrogens with one attached hydrogen (secondary N) is 1. The van der Waals surface area contributed by atoms with Crippen LogP contribution in [0.1, 0.15) is 45.4 Å². The summed E-state index contributed by atoms with van der Waals surface area (Å²) in [5.41, 5.74) is 0. The molecule has 0 saturated heterocycles. The van der Waals surface area contributed by atoms with Crippen LogP contribution in [-0.2, 0) is 14.4 Å². The Morgan fingerprint density at radius 2 is 1.70 bits per heavy atom. The highest BCUT2D eigenvalue weighted by Gasteiger charge is 2.27. The van der Waals surface area contributed by atoms with Crippen molar-refractivity contribution in [1.29, 1.82) is 0 Å². The number of likely N-dealkylation sites (N-methyl/N-ethyl adjacent to an activating group) is 1. The molecule has 0 heterocycles. The first kappa shape index (κ1) is 27.8. The molecule has 9 heteroatoms. The van der Waals surface area contributed by atoms with Crippen molar-refractivity contribution in [1.82, 2.24) is 20.2 Å². The average Bonchev–Trinajstić information content (AvgIpc) is 2.59. The molecule has 0 bridgehead atoms. The van der Waals surface area contributed by atoms with Crippen LogP contribution in [-0.4, -0.2) is 85.6 Å². The fraction of sp³-hybridized carbons (Fsp3) is 0.833. The third kappa shape index (κ3) is 12.6. The van der Waals surface area contributed by atoms with Gasteiger partial charge in [-0.1, -0.05) is 19.8 Å². The van der Waals surface area contributed by atoms with Gasteiger partial charge in [-0.15, -0.1) is 12.4 Å². The SMILES string of the molecule is CCCC[C@H](CN(O)C=O)C(=O)N[C@@H](CCCCN(C)C)C(=O)N(C)C.Cl. The Labute approximate surface area is 169 Å². The minimum absolute atomic E-state index is 0. The topological polar surface area (TPSA) is 93.2 Å². The molecule has 0 aromatic heterocycles. The van der Waals surface area contributed by atoms with E-state index in [2.05, 4.69) is 10.2 Å². The van der Waals surface area contributed by atoms with E-state index >= 15 is 0 Å². The van der Waals surface area contributed by atoms with Gasteiger partial charge in [-0.2, -0.15) is 0 Å². The highest BCUT2D eigenvalue weighted by Crippen LogP contribution is 2.12. The summed E-state index contributed by atoms with van der Waals surface area (Å²) in [6.45, 7) is 2.86.